The van der Waals surface area contributed by atoms with Gasteiger partial charge >= 0.3 is 5.97 Å². The molecule has 0 bridgehead atoms. The van der Waals surface area contributed by atoms with E-state index >= 15 is 0 Å². The zero-order valence-corrected chi connectivity index (χ0v) is 10.3. The summed E-state index contributed by atoms with van der Waals surface area (Å²) in [5.74, 6) is -0.174. The van der Waals surface area contributed by atoms with E-state index in [9.17, 15) is 4.79 Å². The molecule has 0 saturated heterocycles. The Labute approximate surface area is 92.3 Å². The summed E-state index contributed by atoms with van der Waals surface area (Å²) in [4.78, 5) is 11.3. The van der Waals surface area contributed by atoms with Crippen molar-refractivity contribution < 1.29 is 14.3 Å². The topological polar surface area (TPSA) is 47.6 Å². The number of nitrogens with one attached hydrogen (secondary N) is 1. The minimum Gasteiger partial charge on any atom is -0.469 e. The zero-order chi connectivity index (χ0) is 11.7. The number of ether oxygens (including phenoxy) is 2. The van der Waals surface area contributed by atoms with Gasteiger partial charge in [-0.15, -0.1) is 0 Å². The number of carbonyl (C=O) groups is 1. The molecule has 0 saturated carbocycles. The van der Waals surface area contributed by atoms with E-state index in [1.807, 2.05) is 13.8 Å². The highest BCUT2D eigenvalue weighted by Crippen LogP contribution is 2.15. The molecule has 4 heteroatoms. The van der Waals surface area contributed by atoms with Gasteiger partial charge in [-0.3, -0.25) is 4.79 Å². The van der Waals surface area contributed by atoms with Crippen LogP contribution in [-0.2, 0) is 14.3 Å². The summed E-state index contributed by atoms with van der Waals surface area (Å²) >= 11 is 0. The van der Waals surface area contributed by atoms with Crippen LogP contribution < -0.4 is 5.32 Å². The molecule has 1 N–H and O–H groups in total. The molecule has 0 unspecified atom stereocenters. The van der Waals surface area contributed by atoms with Gasteiger partial charge in [0.15, 0.2) is 0 Å². The van der Waals surface area contributed by atoms with Crippen LogP contribution >= 0.6 is 0 Å². The maximum absolute atomic E-state index is 11.3. The molecule has 0 aromatic rings. The van der Waals surface area contributed by atoms with Crippen LogP contribution in [0.1, 0.15) is 26.7 Å². The van der Waals surface area contributed by atoms with Gasteiger partial charge in [0.2, 0.25) is 0 Å². The van der Waals surface area contributed by atoms with Gasteiger partial charge in [-0.2, -0.15) is 0 Å². The Morgan fingerprint density at radius 1 is 1.27 bits per heavy atom. The second-order valence-corrected chi connectivity index (χ2v) is 4.25. The average molecular weight is 217 g/mol. The van der Waals surface area contributed by atoms with Crippen LogP contribution in [0.4, 0.5) is 0 Å². The fraction of sp³-hybridized carbons (Fsp3) is 0.909. The number of unbranched alkanes of at least 4 members (excludes halogenated alkanes) is 1. The number of rotatable bonds is 8. The molecule has 0 heterocycles. The van der Waals surface area contributed by atoms with Crippen LogP contribution in [-0.4, -0.2) is 39.9 Å². The van der Waals surface area contributed by atoms with Crippen LogP contribution in [0.15, 0.2) is 0 Å². The molecular formula is C11H23NO3. The standard InChI is InChI=1S/C11H23NO3/c1-11(2,10(13)15-4)9-12-7-5-6-8-14-3/h12H,5-9H2,1-4H3. The lowest BCUT2D eigenvalue weighted by molar-refractivity contribution is -0.150. The highest BCUT2D eigenvalue weighted by Gasteiger charge is 2.27. The van der Waals surface area contributed by atoms with Gasteiger partial charge in [0, 0.05) is 20.3 Å². The third-order valence-corrected chi connectivity index (χ3v) is 2.26. The second-order valence-electron chi connectivity index (χ2n) is 4.25. The summed E-state index contributed by atoms with van der Waals surface area (Å²) in [5, 5.41) is 3.24. The highest BCUT2D eigenvalue weighted by atomic mass is 16.5. The van der Waals surface area contributed by atoms with Crippen molar-refractivity contribution in [1.82, 2.24) is 5.32 Å². The molecule has 0 aliphatic heterocycles. The molecule has 0 aliphatic rings. The minimum atomic E-state index is -0.448. The number of hydrogen-bond acceptors (Lipinski definition) is 4. The van der Waals surface area contributed by atoms with E-state index in [1.54, 1.807) is 7.11 Å². The lowest BCUT2D eigenvalue weighted by Gasteiger charge is -2.21. The predicted octanol–water partition coefficient (Wildman–Crippen LogP) is 1.20. The molecule has 0 rings (SSSR count). The zero-order valence-electron chi connectivity index (χ0n) is 10.3. The molecule has 4 nitrogen and oxygen atoms in total. The van der Waals surface area contributed by atoms with Crippen molar-refractivity contribution in [2.24, 2.45) is 5.41 Å². The number of methoxy groups -OCH3 is 2. The Balaban J connectivity index is 3.53. The van der Waals surface area contributed by atoms with Gasteiger partial charge in [0.05, 0.1) is 12.5 Å². The monoisotopic (exact) mass is 217 g/mol. The second kappa shape index (κ2) is 7.65. The van der Waals surface area contributed by atoms with E-state index in [1.165, 1.54) is 7.11 Å². The lowest BCUT2D eigenvalue weighted by Crippen LogP contribution is -2.37. The van der Waals surface area contributed by atoms with E-state index in [-0.39, 0.29) is 5.97 Å². The third-order valence-electron chi connectivity index (χ3n) is 2.26. The largest absolute Gasteiger partial charge is 0.469 e. The first-order chi connectivity index (χ1) is 7.04. The maximum atomic E-state index is 11.3. The third kappa shape index (κ3) is 6.47. The molecule has 0 aromatic carbocycles. The number of carbonyl (C=O) groups excluding carboxylic acids is 1. The van der Waals surface area contributed by atoms with Crippen molar-refractivity contribution in [2.45, 2.75) is 26.7 Å². The molecule has 0 spiro atoms. The molecule has 0 aliphatic carbocycles. The molecule has 0 radical (unpaired) electrons. The van der Waals surface area contributed by atoms with Crippen molar-refractivity contribution in [1.29, 1.82) is 0 Å². The lowest BCUT2D eigenvalue weighted by atomic mass is 9.94. The molecule has 0 amide bonds. The van der Waals surface area contributed by atoms with Crippen LogP contribution in [0.3, 0.4) is 0 Å². The Bertz CT molecular complexity index is 181. The van der Waals surface area contributed by atoms with E-state index in [2.05, 4.69) is 5.32 Å². The summed E-state index contributed by atoms with van der Waals surface area (Å²) in [6, 6.07) is 0. The van der Waals surface area contributed by atoms with Gasteiger partial charge in [-0.1, -0.05) is 0 Å². The van der Waals surface area contributed by atoms with Gasteiger partial charge in [0.25, 0.3) is 0 Å². The summed E-state index contributed by atoms with van der Waals surface area (Å²) in [5.41, 5.74) is -0.448. The predicted molar refractivity (Wildman–Crippen MR) is 59.8 cm³/mol. The SMILES string of the molecule is COCCCCNCC(C)(C)C(=O)OC. The van der Waals surface area contributed by atoms with E-state index in [4.69, 9.17) is 9.47 Å². The fourth-order valence-electron chi connectivity index (χ4n) is 1.25. The van der Waals surface area contributed by atoms with E-state index in [0.717, 1.165) is 26.0 Å². The summed E-state index contributed by atoms with van der Waals surface area (Å²) in [6.45, 7) is 6.10. The van der Waals surface area contributed by atoms with Crippen molar-refractivity contribution in [2.75, 3.05) is 33.9 Å². The molecule has 15 heavy (non-hydrogen) atoms. The fourth-order valence-corrected chi connectivity index (χ4v) is 1.25. The number of esters is 1. The van der Waals surface area contributed by atoms with Gasteiger partial charge in [-0.05, 0) is 33.2 Å². The first-order valence-electron chi connectivity index (χ1n) is 5.32. The molecular weight excluding hydrogens is 194 g/mol. The van der Waals surface area contributed by atoms with Crippen molar-refractivity contribution in [3.63, 3.8) is 0 Å². The van der Waals surface area contributed by atoms with Crippen LogP contribution in [0, 0.1) is 5.41 Å². The summed E-state index contributed by atoms with van der Waals surface area (Å²) in [6.07, 6.45) is 2.10. The summed E-state index contributed by atoms with van der Waals surface area (Å²) in [7, 11) is 3.12. The normalized spacial score (nSPS) is 11.5. The summed E-state index contributed by atoms with van der Waals surface area (Å²) < 4.78 is 9.65. The van der Waals surface area contributed by atoms with Crippen LogP contribution in [0.2, 0.25) is 0 Å². The van der Waals surface area contributed by atoms with Crippen LogP contribution in [0.25, 0.3) is 0 Å². The van der Waals surface area contributed by atoms with Crippen molar-refractivity contribution >= 4 is 5.97 Å². The van der Waals surface area contributed by atoms with Crippen molar-refractivity contribution in [3.05, 3.63) is 0 Å². The molecule has 0 fully saturated rings. The first kappa shape index (κ1) is 14.4. The van der Waals surface area contributed by atoms with Gasteiger partial charge < -0.3 is 14.8 Å². The smallest absolute Gasteiger partial charge is 0.312 e. The van der Waals surface area contributed by atoms with E-state index in [0.29, 0.717) is 6.54 Å². The highest BCUT2D eigenvalue weighted by molar-refractivity contribution is 5.75. The quantitative estimate of drug-likeness (QED) is 0.490. The first-order valence-corrected chi connectivity index (χ1v) is 5.32. The Kier molecular flexibility index (Phi) is 7.34. The van der Waals surface area contributed by atoms with Crippen molar-refractivity contribution in [3.8, 4) is 0 Å². The molecule has 0 atom stereocenters. The minimum absolute atomic E-state index is 0.174. The maximum Gasteiger partial charge on any atom is 0.312 e. The Morgan fingerprint density at radius 2 is 1.93 bits per heavy atom. The average Bonchev–Trinajstić information content (AvgIpc) is 2.22. The van der Waals surface area contributed by atoms with Gasteiger partial charge in [-0.25, -0.2) is 0 Å². The van der Waals surface area contributed by atoms with E-state index < -0.39 is 5.41 Å². The number of hydrogen-bond donors (Lipinski definition) is 1. The Hall–Kier alpha value is -0.610. The molecule has 90 valence electrons. The van der Waals surface area contributed by atoms with Gasteiger partial charge in [0.1, 0.15) is 0 Å². The molecule has 0 aromatic heterocycles. The Morgan fingerprint density at radius 3 is 2.47 bits per heavy atom. The van der Waals surface area contributed by atoms with Crippen LogP contribution in [0.5, 0.6) is 0 Å².